The first-order valence-corrected chi connectivity index (χ1v) is 7.98. The highest BCUT2D eigenvalue weighted by atomic mass is 32.3. The van der Waals surface area contributed by atoms with Gasteiger partial charge < -0.3 is 14.2 Å². The predicted octanol–water partition coefficient (Wildman–Crippen LogP) is -0.784. The van der Waals surface area contributed by atoms with Crippen LogP contribution in [0.3, 0.4) is 0 Å². The van der Waals surface area contributed by atoms with Gasteiger partial charge in [0.2, 0.25) is 5.60 Å². The topological polar surface area (TPSA) is 132 Å². The fourth-order valence-electron chi connectivity index (χ4n) is 2.80. The zero-order valence-electron chi connectivity index (χ0n) is 12.6. The number of fused-ring (bicyclic) bond motifs is 1. The molecule has 130 valence electrons. The van der Waals surface area contributed by atoms with Crippen molar-refractivity contribution in [1.29, 1.82) is 0 Å². The predicted molar refractivity (Wildman–Crippen MR) is 70.0 cm³/mol. The fraction of sp³-hybridized carbons (Fsp3) is 0.750. The fourth-order valence-corrected chi connectivity index (χ4v) is 3.85. The standard InChI is InChI=1S/C12H16O10S/c1-6(13)19-8-4-12(11(15)18-3,20-7(2)14)5-9-10(8)22-23(16,17)21-9/h8-10H,4-5H2,1-3H3/t8-,9-,10+,12-/m1/s1. The highest BCUT2D eigenvalue weighted by Gasteiger charge is 2.60. The number of esters is 3. The smallest absolute Gasteiger partial charge is 0.400 e. The molecule has 10 nitrogen and oxygen atoms in total. The van der Waals surface area contributed by atoms with Crippen molar-refractivity contribution in [1.82, 2.24) is 0 Å². The van der Waals surface area contributed by atoms with E-state index < -0.39 is 52.2 Å². The summed E-state index contributed by atoms with van der Waals surface area (Å²) >= 11 is 0. The molecular formula is C12H16O10S. The van der Waals surface area contributed by atoms with E-state index in [1.54, 1.807) is 0 Å². The van der Waals surface area contributed by atoms with Crippen molar-refractivity contribution >= 4 is 28.3 Å². The Balaban J connectivity index is 2.40. The summed E-state index contributed by atoms with van der Waals surface area (Å²) < 4.78 is 47.3. The maximum atomic E-state index is 12.1. The molecule has 4 atom stereocenters. The lowest BCUT2D eigenvalue weighted by Crippen LogP contribution is -2.58. The Morgan fingerprint density at radius 2 is 1.74 bits per heavy atom. The molecule has 0 aromatic carbocycles. The molecule has 0 spiro atoms. The maximum absolute atomic E-state index is 12.1. The van der Waals surface area contributed by atoms with Gasteiger partial charge in [0.15, 0.2) is 0 Å². The van der Waals surface area contributed by atoms with E-state index >= 15 is 0 Å². The highest BCUT2D eigenvalue weighted by molar-refractivity contribution is 7.82. The van der Waals surface area contributed by atoms with Crippen molar-refractivity contribution in [2.45, 2.75) is 50.6 Å². The van der Waals surface area contributed by atoms with Crippen molar-refractivity contribution in [3.63, 3.8) is 0 Å². The number of ether oxygens (including phenoxy) is 3. The first-order valence-electron chi connectivity index (χ1n) is 6.65. The van der Waals surface area contributed by atoms with Gasteiger partial charge in [0.05, 0.1) is 7.11 Å². The number of methoxy groups -OCH3 is 1. The Kier molecular flexibility index (Phi) is 4.64. The van der Waals surface area contributed by atoms with Crippen molar-refractivity contribution in [3.05, 3.63) is 0 Å². The van der Waals surface area contributed by atoms with Gasteiger partial charge in [-0.25, -0.2) is 13.2 Å². The second-order valence-electron chi connectivity index (χ2n) is 5.24. The molecule has 1 aliphatic heterocycles. The van der Waals surface area contributed by atoms with Gasteiger partial charge in [-0.05, 0) is 0 Å². The maximum Gasteiger partial charge on any atom is 0.400 e. The lowest BCUT2D eigenvalue weighted by molar-refractivity contribution is -0.200. The molecule has 11 heteroatoms. The largest absolute Gasteiger partial charge is 0.466 e. The minimum atomic E-state index is -4.29. The summed E-state index contributed by atoms with van der Waals surface area (Å²) in [7, 11) is -3.21. The zero-order valence-corrected chi connectivity index (χ0v) is 13.5. The summed E-state index contributed by atoms with van der Waals surface area (Å²) in [4.78, 5) is 34.7. The van der Waals surface area contributed by atoms with Gasteiger partial charge in [0, 0.05) is 26.7 Å². The SMILES string of the molecule is COC(=O)[C@@]1(OC(C)=O)C[C@@H](OC(C)=O)[C@@H]2OS(=O)(=O)O[C@@H]2C1. The molecule has 2 aliphatic rings. The monoisotopic (exact) mass is 352 g/mol. The van der Waals surface area contributed by atoms with Gasteiger partial charge in [0.25, 0.3) is 0 Å². The third-order valence-corrected chi connectivity index (χ3v) is 4.42. The van der Waals surface area contributed by atoms with Gasteiger partial charge in [0.1, 0.15) is 18.3 Å². The molecule has 0 unspecified atom stereocenters. The van der Waals surface area contributed by atoms with Crippen LogP contribution in [-0.2, 0) is 47.4 Å². The zero-order chi connectivity index (χ0) is 17.4. The van der Waals surface area contributed by atoms with Crippen molar-refractivity contribution in [2.75, 3.05) is 7.11 Å². The van der Waals surface area contributed by atoms with Crippen molar-refractivity contribution in [3.8, 4) is 0 Å². The third-order valence-electron chi connectivity index (χ3n) is 3.48. The van der Waals surface area contributed by atoms with Crippen LogP contribution in [0.1, 0.15) is 26.7 Å². The van der Waals surface area contributed by atoms with Gasteiger partial charge >= 0.3 is 28.3 Å². The van der Waals surface area contributed by atoms with Crippen molar-refractivity contribution in [2.24, 2.45) is 0 Å². The van der Waals surface area contributed by atoms with E-state index in [9.17, 15) is 22.8 Å². The molecule has 0 aromatic heterocycles. The van der Waals surface area contributed by atoms with Crippen LogP contribution in [0.15, 0.2) is 0 Å². The average molecular weight is 352 g/mol. The number of rotatable bonds is 3. The van der Waals surface area contributed by atoms with Crippen LogP contribution in [-0.4, -0.2) is 57.3 Å². The van der Waals surface area contributed by atoms with Crippen LogP contribution in [0.4, 0.5) is 0 Å². The molecular weight excluding hydrogens is 336 g/mol. The van der Waals surface area contributed by atoms with E-state index in [1.807, 2.05) is 0 Å². The van der Waals surface area contributed by atoms with Crippen LogP contribution >= 0.6 is 0 Å². The summed E-state index contributed by atoms with van der Waals surface area (Å²) in [6.45, 7) is 2.19. The number of carbonyl (C=O) groups excluding carboxylic acids is 3. The first-order chi connectivity index (χ1) is 10.6. The Hall–Kier alpha value is -1.72. The Morgan fingerprint density at radius 3 is 2.26 bits per heavy atom. The van der Waals surface area contributed by atoms with Crippen LogP contribution in [0.5, 0.6) is 0 Å². The van der Waals surface area contributed by atoms with E-state index in [-0.39, 0.29) is 12.8 Å². The van der Waals surface area contributed by atoms with E-state index in [0.717, 1.165) is 21.0 Å². The molecule has 2 rings (SSSR count). The Morgan fingerprint density at radius 1 is 1.09 bits per heavy atom. The second-order valence-corrected chi connectivity index (χ2v) is 6.44. The van der Waals surface area contributed by atoms with Gasteiger partial charge in [-0.1, -0.05) is 0 Å². The normalized spacial score (nSPS) is 35.0. The lowest BCUT2D eigenvalue weighted by atomic mass is 9.79. The van der Waals surface area contributed by atoms with E-state index in [4.69, 9.17) is 17.8 Å². The van der Waals surface area contributed by atoms with Crippen LogP contribution < -0.4 is 0 Å². The summed E-state index contributed by atoms with van der Waals surface area (Å²) in [6, 6.07) is 0. The van der Waals surface area contributed by atoms with Gasteiger partial charge in [-0.3, -0.25) is 9.59 Å². The van der Waals surface area contributed by atoms with Gasteiger partial charge in [-0.15, -0.1) is 0 Å². The molecule has 0 aromatic rings. The number of hydrogen-bond acceptors (Lipinski definition) is 10. The Labute approximate surface area is 132 Å². The van der Waals surface area contributed by atoms with E-state index in [1.165, 1.54) is 0 Å². The van der Waals surface area contributed by atoms with Gasteiger partial charge in [-0.2, -0.15) is 8.42 Å². The molecule has 0 N–H and O–H groups in total. The molecule has 23 heavy (non-hydrogen) atoms. The van der Waals surface area contributed by atoms with Crippen LogP contribution in [0.25, 0.3) is 0 Å². The molecule has 1 saturated carbocycles. The summed E-state index contributed by atoms with van der Waals surface area (Å²) in [5, 5.41) is 0. The Bertz CT molecular complexity index is 626. The minimum absolute atomic E-state index is 0.305. The molecule has 1 aliphatic carbocycles. The first kappa shape index (κ1) is 17.6. The average Bonchev–Trinajstić information content (AvgIpc) is 2.70. The number of hydrogen-bond donors (Lipinski definition) is 0. The molecule has 0 radical (unpaired) electrons. The van der Waals surface area contributed by atoms with Crippen molar-refractivity contribution < 1.29 is 45.4 Å². The molecule has 0 amide bonds. The van der Waals surface area contributed by atoms with E-state index in [2.05, 4.69) is 4.74 Å². The quantitative estimate of drug-likeness (QED) is 0.470. The second kappa shape index (κ2) is 6.06. The highest BCUT2D eigenvalue weighted by Crippen LogP contribution is 2.42. The number of carbonyl (C=O) groups is 3. The van der Waals surface area contributed by atoms with Crippen LogP contribution in [0.2, 0.25) is 0 Å². The molecule has 1 saturated heterocycles. The summed E-state index contributed by atoms with van der Waals surface area (Å²) in [6.07, 6.45) is -4.06. The molecule has 1 heterocycles. The lowest BCUT2D eigenvalue weighted by Gasteiger charge is -2.40. The molecule has 0 bridgehead atoms. The molecule has 2 fully saturated rings. The van der Waals surface area contributed by atoms with Crippen LogP contribution in [0, 0.1) is 0 Å². The third kappa shape index (κ3) is 3.62. The summed E-state index contributed by atoms with van der Waals surface area (Å²) in [5.41, 5.74) is -1.83. The minimum Gasteiger partial charge on any atom is -0.466 e. The van der Waals surface area contributed by atoms with E-state index in [0.29, 0.717) is 0 Å². The summed E-state index contributed by atoms with van der Waals surface area (Å²) in [5.74, 6) is -2.40.